The van der Waals surface area contributed by atoms with Gasteiger partial charge in [0.2, 0.25) is 0 Å². The highest BCUT2D eigenvalue weighted by Crippen LogP contribution is 2.23. The van der Waals surface area contributed by atoms with Crippen molar-refractivity contribution in [1.82, 2.24) is 4.90 Å². The number of benzene rings is 1. The molecule has 1 heterocycles. The van der Waals surface area contributed by atoms with Crippen LogP contribution in [0.2, 0.25) is 5.02 Å². The molecule has 1 fully saturated rings. The van der Waals surface area contributed by atoms with Crippen LogP contribution in [0.1, 0.15) is 16.8 Å². The van der Waals surface area contributed by atoms with Crippen molar-refractivity contribution in [3.05, 3.63) is 28.8 Å². The van der Waals surface area contributed by atoms with Crippen LogP contribution in [0.4, 0.5) is 5.69 Å². The Morgan fingerprint density at radius 2 is 2.16 bits per heavy atom. The Bertz CT molecular complexity index is 615. The Hall–Kier alpha value is -1.27. The van der Waals surface area contributed by atoms with E-state index in [0.29, 0.717) is 22.7 Å². The molecule has 2 rings (SSSR count). The standard InChI is InChI=1S/C12H15ClN2O3S/c1-15(9-4-5-19(17,18)7-9)12(16)10-6-8(14)2-3-11(10)13/h2-3,6,9H,4-5,7,14H2,1H3. The molecule has 2 N–H and O–H groups in total. The summed E-state index contributed by atoms with van der Waals surface area (Å²) in [6, 6.07) is 4.38. The summed E-state index contributed by atoms with van der Waals surface area (Å²) in [5, 5.41) is 0.312. The molecule has 1 aliphatic rings. The fraction of sp³-hybridized carbons (Fsp3) is 0.417. The molecule has 0 saturated carbocycles. The molecule has 0 aromatic heterocycles. The average molecular weight is 303 g/mol. The molecule has 0 bridgehead atoms. The Kier molecular flexibility index (Phi) is 3.73. The highest BCUT2D eigenvalue weighted by atomic mass is 35.5. The van der Waals surface area contributed by atoms with E-state index in [1.54, 1.807) is 19.2 Å². The number of rotatable bonds is 2. The lowest BCUT2D eigenvalue weighted by molar-refractivity contribution is 0.0748. The summed E-state index contributed by atoms with van der Waals surface area (Å²) >= 11 is 5.98. The quantitative estimate of drug-likeness (QED) is 0.832. The van der Waals surface area contributed by atoms with Crippen LogP contribution in [-0.4, -0.2) is 43.8 Å². The van der Waals surface area contributed by atoms with Crippen LogP contribution in [0.3, 0.4) is 0 Å². The van der Waals surface area contributed by atoms with E-state index in [4.69, 9.17) is 17.3 Å². The normalized spacial score (nSPS) is 21.3. The summed E-state index contributed by atoms with van der Waals surface area (Å²) in [6.45, 7) is 0. The van der Waals surface area contributed by atoms with Crippen molar-refractivity contribution < 1.29 is 13.2 Å². The molecule has 1 unspecified atom stereocenters. The molecule has 19 heavy (non-hydrogen) atoms. The predicted molar refractivity (Wildman–Crippen MR) is 75.0 cm³/mol. The van der Waals surface area contributed by atoms with Crippen LogP contribution in [0.5, 0.6) is 0 Å². The SMILES string of the molecule is CN(C(=O)c1cc(N)ccc1Cl)C1CCS(=O)(=O)C1. The molecular weight excluding hydrogens is 288 g/mol. The summed E-state index contributed by atoms with van der Waals surface area (Å²) < 4.78 is 22.9. The van der Waals surface area contributed by atoms with Crippen molar-refractivity contribution >= 4 is 33.0 Å². The number of sulfone groups is 1. The van der Waals surface area contributed by atoms with Gasteiger partial charge in [0, 0.05) is 18.8 Å². The molecular formula is C12H15ClN2O3S. The van der Waals surface area contributed by atoms with E-state index >= 15 is 0 Å². The number of carbonyl (C=O) groups is 1. The zero-order chi connectivity index (χ0) is 14.2. The van der Waals surface area contributed by atoms with Crippen molar-refractivity contribution in [1.29, 1.82) is 0 Å². The third-order valence-electron chi connectivity index (χ3n) is 3.30. The Balaban J connectivity index is 2.22. The van der Waals surface area contributed by atoms with E-state index in [2.05, 4.69) is 0 Å². The van der Waals surface area contributed by atoms with E-state index in [-0.39, 0.29) is 23.5 Å². The summed E-state index contributed by atoms with van der Waals surface area (Å²) in [4.78, 5) is 13.7. The number of nitrogen functional groups attached to an aromatic ring is 1. The molecule has 1 saturated heterocycles. The van der Waals surface area contributed by atoms with Gasteiger partial charge in [-0.05, 0) is 24.6 Å². The van der Waals surface area contributed by atoms with E-state index < -0.39 is 9.84 Å². The lowest BCUT2D eigenvalue weighted by Crippen LogP contribution is -2.38. The lowest BCUT2D eigenvalue weighted by atomic mass is 10.1. The minimum absolute atomic E-state index is 0.00910. The van der Waals surface area contributed by atoms with Crippen molar-refractivity contribution in [3.63, 3.8) is 0 Å². The van der Waals surface area contributed by atoms with Gasteiger partial charge in [-0.2, -0.15) is 0 Å². The van der Waals surface area contributed by atoms with Crippen LogP contribution >= 0.6 is 11.6 Å². The van der Waals surface area contributed by atoms with E-state index in [9.17, 15) is 13.2 Å². The molecule has 1 aliphatic heterocycles. The molecule has 0 spiro atoms. The molecule has 1 aromatic carbocycles. The smallest absolute Gasteiger partial charge is 0.255 e. The fourth-order valence-corrected chi connectivity index (χ4v) is 4.12. The minimum atomic E-state index is -3.03. The third kappa shape index (κ3) is 3.01. The highest BCUT2D eigenvalue weighted by Gasteiger charge is 2.33. The molecule has 1 aromatic rings. The minimum Gasteiger partial charge on any atom is -0.399 e. The number of hydrogen-bond donors (Lipinski definition) is 1. The third-order valence-corrected chi connectivity index (χ3v) is 5.38. The summed E-state index contributed by atoms with van der Waals surface area (Å²) in [5.41, 5.74) is 6.38. The summed E-state index contributed by atoms with van der Waals surface area (Å²) in [6.07, 6.45) is 0.463. The Labute approximate surface area is 117 Å². The van der Waals surface area contributed by atoms with E-state index in [0.717, 1.165) is 0 Å². The first kappa shape index (κ1) is 14.1. The van der Waals surface area contributed by atoms with Crippen LogP contribution in [-0.2, 0) is 9.84 Å². The zero-order valence-electron chi connectivity index (χ0n) is 10.5. The molecule has 0 radical (unpaired) electrons. The average Bonchev–Trinajstić information content (AvgIpc) is 2.71. The molecule has 104 valence electrons. The topological polar surface area (TPSA) is 80.5 Å². The van der Waals surface area contributed by atoms with Gasteiger partial charge >= 0.3 is 0 Å². The van der Waals surface area contributed by atoms with Gasteiger partial charge < -0.3 is 10.6 Å². The van der Waals surface area contributed by atoms with Crippen LogP contribution in [0, 0.1) is 0 Å². The fourth-order valence-electron chi connectivity index (χ4n) is 2.14. The molecule has 1 amide bonds. The first-order valence-electron chi connectivity index (χ1n) is 5.83. The Morgan fingerprint density at radius 3 is 2.74 bits per heavy atom. The van der Waals surface area contributed by atoms with Crippen LogP contribution in [0.25, 0.3) is 0 Å². The van der Waals surface area contributed by atoms with Crippen molar-refractivity contribution in [3.8, 4) is 0 Å². The van der Waals surface area contributed by atoms with Crippen molar-refractivity contribution in [2.45, 2.75) is 12.5 Å². The Morgan fingerprint density at radius 1 is 1.47 bits per heavy atom. The predicted octanol–water partition coefficient (Wildman–Crippen LogP) is 1.18. The number of hydrogen-bond acceptors (Lipinski definition) is 4. The number of nitrogens with zero attached hydrogens (tertiary/aromatic N) is 1. The maximum atomic E-state index is 12.3. The second-order valence-electron chi connectivity index (χ2n) is 4.71. The monoisotopic (exact) mass is 302 g/mol. The van der Waals surface area contributed by atoms with Gasteiger partial charge in [-0.1, -0.05) is 11.6 Å². The first-order valence-corrected chi connectivity index (χ1v) is 8.03. The largest absolute Gasteiger partial charge is 0.399 e. The molecule has 5 nitrogen and oxygen atoms in total. The second-order valence-corrected chi connectivity index (χ2v) is 7.35. The van der Waals surface area contributed by atoms with E-state index in [1.807, 2.05) is 0 Å². The first-order chi connectivity index (χ1) is 8.80. The maximum Gasteiger partial charge on any atom is 0.255 e. The van der Waals surface area contributed by atoms with Crippen LogP contribution in [0.15, 0.2) is 18.2 Å². The van der Waals surface area contributed by atoms with Gasteiger partial charge in [-0.15, -0.1) is 0 Å². The number of amides is 1. The van der Waals surface area contributed by atoms with Gasteiger partial charge in [-0.25, -0.2) is 8.42 Å². The number of nitrogens with two attached hydrogens (primary N) is 1. The molecule has 1 atom stereocenters. The number of carbonyl (C=O) groups excluding carboxylic acids is 1. The highest BCUT2D eigenvalue weighted by molar-refractivity contribution is 7.91. The van der Waals surface area contributed by atoms with Gasteiger partial charge in [0.1, 0.15) is 0 Å². The molecule has 7 heteroatoms. The van der Waals surface area contributed by atoms with Gasteiger partial charge in [0.15, 0.2) is 9.84 Å². The summed E-state index contributed by atoms with van der Waals surface area (Å²) in [5.74, 6) is -0.172. The number of halogens is 1. The summed E-state index contributed by atoms with van der Waals surface area (Å²) in [7, 11) is -1.44. The van der Waals surface area contributed by atoms with Crippen molar-refractivity contribution in [2.75, 3.05) is 24.3 Å². The van der Waals surface area contributed by atoms with Gasteiger partial charge in [0.25, 0.3) is 5.91 Å². The number of anilines is 1. The lowest BCUT2D eigenvalue weighted by Gasteiger charge is -2.24. The zero-order valence-corrected chi connectivity index (χ0v) is 12.0. The molecule has 0 aliphatic carbocycles. The van der Waals surface area contributed by atoms with Gasteiger partial charge in [-0.3, -0.25) is 4.79 Å². The maximum absolute atomic E-state index is 12.3. The van der Waals surface area contributed by atoms with Crippen LogP contribution < -0.4 is 5.73 Å². The second kappa shape index (κ2) is 5.02. The van der Waals surface area contributed by atoms with Gasteiger partial charge in [0.05, 0.1) is 22.1 Å². The van der Waals surface area contributed by atoms with E-state index in [1.165, 1.54) is 11.0 Å². The van der Waals surface area contributed by atoms with Crippen molar-refractivity contribution in [2.24, 2.45) is 0 Å².